The number of hydrogen-bond acceptors (Lipinski definition) is 2. The van der Waals surface area contributed by atoms with Crippen molar-refractivity contribution in [3.8, 4) is 0 Å². The molecule has 5 rings (SSSR count). The van der Waals surface area contributed by atoms with Gasteiger partial charge in [-0.2, -0.15) is 0 Å². The van der Waals surface area contributed by atoms with Crippen LogP contribution in [0.1, 0.15) is 32.6 Å². The third kappa shape index (κ3) is 0.840. The highest BCUT2D eigenvalue weighted by Gasteiger charge is 2.67. The van der Waals surface area contributed by atoms with Crippen LogP contribution in [0.5, 0.6) is 0 Å². The van der Waals surface area contributed by atoms with E-state index in [9.17, 15) is 4.79 Å². The molecule has 0 aromatic rings. The van der Waals surface area contributed by atoms with E-state index in [1.165, 1.54) is 12.8 Å². The number of carbonyl (C=O) groups excluding carboxylic acids is 1. The normalized spacial score (nSPS) is 60.1. The molecule has 0 N–H and O–H groups in total. The number of rotatable bonds is 0. The van der Waals surface area contributed by atoms with Crippen molar-refractivity contribution in [2.24, 2.45) is 17.3 Å². The first-order chi connectivity index (χ1) is 7.11. The Morgan fingerprint density at radius 1 is 1.53 bits per heavy atom. The van der Waals surface area contributed by atoms with Crippen molar-refractivity contribution in [3.63, 3.8) is 0 Å². The minimum atomic E-state index is 0.131. The summed E-state index contributed by atoms with van der Waals surface area (Å²) in [6, 6.07) is 0. The molecule has 2 saturated carbocycles. The Morgan fingerprint density at radius 2 is 2.40 bits per heavy atom. The summed E-state index contributed by atoms with van der Waals surface area (Å²) in [5.41, 5.74) is 0.459. The first-order valence-corrected chi connectivity index (χ1v) is 6.01. The highest BCUT2D eigenvalue weighted by Crippen LogP contribution is 2.68. The van der Waals surface area contributed by atoms with Gasteiger partial charge in [-0.25, -0.2) is 0 Å². The lowest BCUT2D eigenvalue weighted by Crippen LogP contribution is -2.46. The van der Waals surface area contributed by atoms with Gasteiger partial charge in [-0.05, 0) is 43.6 Å². The van der Waals surface area contributed by atoms with Gasteiger partial charge in [-0.15, -0.1) is 0 Å². The fourth-order valence-electron chi connectivity index (χ4n) is 4.72. The van der Waals surface area contributed by atoms with Crippen LogP contribution < -0.4 is 0 Å². The van der Waals surface area contributed by atoms with Crippen LogP contribution in [0.15, 0.2) is 12.2 Å². The quantitative estimate of drug-likeness (QED) is 0.604. The molecular formula is C13H16O2. The largest absolute Gasteiger partial charge is 0.371 e. The Hall–Kier alpha value is -0.630. The molecule has 0 aromatic heterocycles. The van der Waals surface area contributed by atoms with Crippen LogP contribution in [0, 0.1) is 17.3 Å². The van der Waals surface area contributed by atoms with Crippen molar-refractivity contribution in [3.05, 3.63) is 12.2 Å². The van der Waals surface area contributed by atoms with Gasteiger partial charge in [0.2, 0.25) is 0 Å². The predicted molar refractivity (Wildman–Crippen MR) is 55.3 cm³/mol. The minimum absolute atomic E-state index is 0.131. The standard InChI is InChI=1S/C13H16O2/c1-12-7-13-3-2-9(14)5-10(13)11(15-12)4-8(12)6-13/h2-3,8,10-11H,4-7H2,1H3/t8?,10-,11+,12+,13+/m1/s1. The summed E-state index contributed by atoms with van der Waals surface area (Å²) in [7, 11) is 0. The Kier molecular flexibility index (Phi) is 1.26. The molecule has 5 atom stereocenters. The van der Waals surface area contributed by atoms with E-state index in [0.29, 0.717) is 23.2 Å². The van der Waals surface area contributed by atoms with Gasteiger partial charge in [-0.1, -0.05) is 6.08 Å². The Bertz CT molecular complexity index is 386. The van der Waals surface area contributed by atoms with Gasteiger partial charge in [0.05, 0.1) is 11.7 Å². The molecule has 2 saturated heterocycles. The van der Waals surface area contributed by atoms with Crippen LogP contribution in [-0.2, 0) is 9.53 Å². The molecule has 2 heteroatoms. The van der Waals surface area contributed by atoms with E-state index in [2.05, 4.69) is 13.0 Å². The molecule has 1 spiro atoms. The molecule has 1 unspecified atom stereocenters. The zero-order valence-electron chi connectivity index (χ0n) is 9.03. The predicted octanol–water partition coefficient (Wildman–Crippen LogP) is 2.09. The van der Waals surface area contributed by atoms with Gasteiger partial charge in [-0.3, -0.25) is 4.79 Å². The Balaban J connectivity index is 1.86. The van der Waals surface area contributed by atoms with E-state index in [1.54, 1.807) is 0 Å². The molecule has 0 aromatic carbocycles. The summed E-state index contributed by atoms with van der Waals surface area (Å²) in [5, 5.41) is 0. The number of allylic oxidation sites excluding steroid dienone is 2. The summed E-state index contributed by atoms with van der Waals surface area (Å²) in [6.07, 6.45) is 8.75. The van der Waals surface area contributed by atoms with Gasteiger partial charge >= 0.3 is 0 Å². The molecule has 2 nitrogen and oxygen atoms in total. The van der Waals surface area contributed by atoms with Crippen LogP contribution >= 0.6 is 0 Å². The van der Waals surface area contributed by atoms with Gasteiger partial charge in [0.25, 0.3) is 0 Å². The Morgan fingerprint density at radius 3 is 3.20 bits per heavy atom. The molecular weight excluding hydrogens is 188 g/mol. The minimum Gasteiger partial charge on any atom is -0.371 e. The number of hydrogen-bond donors (Lipinski definition) is 0. The Labute approximate surface area is 89.7 Å². The van der Waals surface area contributed by atoms with E-state index in [1.807, 2.05) is 6.08 Å². The van der Waals surface area contributed by atoms with Crippen LogP contribution in [0.25, 0.3) is 0 Å². The average Bonchev–Trinajstić information content (AvgIpc) is 2.54. The zero-order valence-corrected chi connectivity index (χ0v) is 9.03. The molecule has 3 aliphatic carbocycles. The third-order valence-electron chi connectivity index (χ3n) is 5.32. The molecule has 80 valence electrons. The molecule has 4 fully saturated rings. The molecule has 2 aliphatic heterocycles. The molecule has 0 amide bonds. The van der Waals surface area contributed by atoms with Gasteiger partial charge in [0.15, 0.2) is 5.78 Å². The smallest absolute Gasteiger partial charge is 0.155 e. The van der Waals surface area contributed by atoms with Crippen LogP contribution in [0.3, 0.4) is 0 Å². The lowest BCUT2D eigenvalue weighted by Gasteiger charge is -2.47. The van der Waals surface area contributed by atoms with Crippen LogP contribution in [0.4, 0.5) is 0 Å². The van der Waals surface area contributed by atoms with Crippen molar-refractivity contribution in [1.29, 1.82) is 0 Å². The summed E-state index contributed by atoms with van der Waals surface area (Å²) < 4.78 is 6.17. The van der Waals surface area contributed by atoms with Crippen molar-refractivity contribution < 1.29 is 9.53 Å². The summed E-state index contributed by atoms with van der Waals surface area (Å²) in [4.78, 5) is 11.5. The van der Waals surface area contributed by atoms with E-state index in [0.717, 1.165) is 18.8 Å². The van der Waals surface area contributed by atoms with Crippen molar-refractivity contribution in [1.82, 2.24) is 0 Å². The second-order valence-electron chi connectivity index (χ2n) is 6.13. The summed E-state index contributed by atoms with van der Waals surface area (Å²) in [5.74, 6) is 1.53. The van der Waals surface area contributed by atoms with Gasteiger partial charge in [0.1, 0.15) is 0 Å². The van der Waals surface area contributed by atoms with Crippen molar-refractivity contribution in [2.45, 2.75) is 44.3 Å². The lowest BCUT2D eigenvalue weighted by atomic mass is 9.62. The van der Waals surface area contributed by atoms with E-state index in [-0.39, 0.29) is 5.60 Å². The molecule has 5 aliphatic rings. The summed E-state index contributed by atoms with van der Waals surface area (Å²) >= 11 is 0. The van der Waals surface area contributed by atoms with E-state index in [4.69, 9.17) is 4.74 Å². The zero-order chi connectivity index (χ0) is 10.3. The van der Waals surface area contributed by atoms with Gasteiger partial charge in [0, 0.05) is 12.3 Å². The third-order valence-corrected chi connectivity index (χ3v) is 5.32. The first-order valence-electron chi connectivity index (χ1n) is 6.01. The molecule has 2 heterocycles. The number of ketones is 1. The topological polar surface area (TPSA) is 26.3 Å². The number of carbonyl (C=O) groups is 1. The fraction of sp³-hybridized carbons (Fsp3) is 0.769. The fourth-order valence-corrected chi connectivity index (χ4v) is 4.72. The average molecular weight is 204 g/mol. The SMILES string of the molecule is C[C@]12C[C@@]34C=CC(=O)C[C@@H]3[C@H](CC1C4)O2. The molecule has 0 radical (unpaired) electrons. The lowest BCUT2D eigenvalue weighted by molar-refractivity contribution is -0.137. The van der Waals surface area contributed by atoms with Crippen LogP contribution in [-0.4, -0.2) is 17.5 Å². The second-order valence-corrected chi connectivity index (χ2v) is 6.13. The monoisotopic (exact) mass is 204 g/mol. The maximum atomic E-state index is 11.5. The molecule has 15 heavy (non-hydrogen) atoms. The number of ether oxygens (including phenoxy) is 1. The first kappa shape index (κ1) is 8.51. The van der Waals surface area contributed by atoms with Gasteiger partial charge < -0.3 is 4.74 Å². The van der Waals surface area contributed by atoms with E-state index < -0.39 is 0 Å². The maximum absolute atomic E-state index is 11.5. The summed E-state index contributed by atoms with van der Waals surface area (Å²) in [6.45, 7) is 2.27. The van der Waals surface area contributed by atoms with Crippen molar-refractivity contribution >= 4 is 5.78 Å². The second kappa shape index (κ2) is 2.22. The maximum Gasteiger partial charge on any atom is 0.155 e. The van der Waals surface area contributed by atoms with Crippen LogP contribution in [0.2, 0.25) is 0 Å². The van der Waals surface area contributed by atoms with E-state index >= 15 is 0 Å². The molecule has 4 bridgehead atoms. The highest BCUT2D eigenvalue weighted by molar-refractivity contribution is 5.91. The highest BCUT2D eigenvalue weighted by atomic mass is 16.5. The van der Waals surface area contributed by atoms with Crippen molar-refractivity contribution in [2.75, 3.05) is 0 Å².